The second-order valence-electron chi connectivity index (χ2n) is 6.24. The van der Waals surface area contributed by atoms with Crippen LogP contribution in [0, 0.1) is 5.92 Å². The van der Waals surface area contributed by atoms with Crippen LogP contribution in [0.5, 0.6) is 0 Å². The van der Waals surface area contributed by atoms with Gasteiger partial charge in [0.05, 0.1) is 24.2 Å². The molecular weight excluding hydrogens is 367 g/mol. The highest BCUT2D eigenvalue weighted by Gasteiger charge is 2.48. The molecule has 0 aromatic heterocycles. The molecule has 1 aromatic rings. The normalized spacial score (nSPS) is 25.1. The molecule has 0 spiro atoms. The van der Waals surface area contributed by atoms with Crippen molar-refractivity contribution >= 4 is 17.9 Å². The lowest BCUT2D eigenvalue weighted by Gasteiger charge is -2.42. The molecule has 3 rings (SSSR count). The number of carbonyl (C=O) groups is 3. The molecule has 3 amide bonds. The summed E-state index contributed by atoms with van der Waals surface area (Å²) in [5.41, 5.74) is -0.450. The highest BCUT2D eigenvalue weighted by Crippen LogP contribution is 2.41. The first-order valence-electron chi connectivity index (χ1n) is 7.97. The number of nitrogens with one attached hydrogen (secondary N) is 3. The van der Waals surface area contributed by atoms with E-state index in [0.29, 0.717) is 5.70 Å². The summed E-state index contributed by atoms with van der Waals surface area (Å²) in [7, 11) is 1.14. The number of alkyl halides is 3. The topological polar surface area (TPSA) is 96.5 Å². The van der Waals surface area contributed by atoms with Gasteiger partial charge in [-0.2, -0.15) is 13.2 Å². The summed E-state index contributed by atoms with van der Waals surface area (Å²) in [4.78, 5) is 36.4. The molecule has 0 radical (unpaired) electrons. The van der Waals surface area contributed by atoms with Gasteiger partial charge in [0.1, 0.15) is 6.17 Å². The Balaban J connectivity index is 2.18. The summed E-state index contributed by atoms with van der Waals surface area (Å²) in [6, 6.07) is 3.68. The number of rotatable bonds is 2. The highest BCUT2D eigenvalue weighted by atomic mass is 19.4. The lowest BCUT2D eigenvalue weighted by Crippen LogP contribution is -2.66. The number of ether oxygens (including phenoxy) is 1. The number of carbonyl (C=O) groups excluding carboxylic acids is 3. The molecule has 144 valence electrons. The number of allylic oxidation sites excluding steroid dienone is 1. The van der Waals surface area contributed by atoms with Crippen molar-refractivity contribution in [1.29, 1.82) is 0 Å². The Hall–Kier alpha value is -3.04. The van der Waals surface area contributed by atoms with E-state index in [1.54, 1.807) is 0 Å². The van der Waals surface area contributed by atoms with Gasteiger partial charge < -0.3 is 15.4 Å². The van der Waals surface area contributed by atoms with Crippen LogP contribution in [0.3, 0.4) is 0 Å². The maximum atomic E-state index is 13.1. The van der Waals surface area contributed by atoms with E-state index in [1.807, 2.05) is 0 Å². The molecule has 3 unspecified atom stereocenters. The Morgan fingerprint density at radius 2 is 1.89 bits per heavy atom. The summed E-state index contributed by atoms with van der Waals surface area (Å²) in [5, 5.41) is 7.45. The monoisotopic (exact) mass is 383 g/mol. The number of esters is 1. The third-order valence-corrected chi connectivity index (χ3v) is 4.61. The zero-order valence-electron chi connectivity index (χ0n) is 14.3. The Labute approximate surface area is 151 Å². The van der Waals surface area contributed by atoms with E-state index >= 15 is 0 Å². The summed E-state index contributed by atoms with van der Waals surface area (Å²) in [5.74, 6) is -3.55. The first kappa shape index (κ1) is 18.7. The molecular formula is C17H16F3N3O4. The van der Waals surface area contributed by atoms with Crippen LogP contribution in [0.2, 0.25) is 0 Å². The minimum absolute atomic E-state index is 0.0318. The van der Waals surface area contributed by atoms with Crippen LogP contribution in [-0.2, 0) is 20.5 Å². The Kier molecular flexibility index (Phi) is 4.58. The van der Waals surface area contributed by atoms with Crippen LogP contribution in [-0.4, -0.2) is 31.2 Å². The highest BCUT2D eigenvalue weighted by molar-refractivity contribution is 6.01. The van der Waals surface area contributed by atoms with E-state index in [1.165, 1.54) is 19.1 Å². The summed E-state index contributed by atoms with van der Waals surface area (Å²) < 4.78 is 44.2. The van der Waals surface area contributed by atoms with Crippen molar-refractivity contribution in [2.24, 2.45) is 5.92 Å². The maximum absolute atomic E-state index is 13.1. The third-order valence-electron chi connectivity index (χ3n) is 4.61. The molecule has 1 saturated heterocycles. The molecule has 2 aliphatic heterocycles. The van der Waals surface area contributed by atoms with Crippen molar-refractivity contribution in [3.05, 3.63) is 46.7 Å². The molecule has 1 fully saturated rings. The van der Waals surface area contributed by atoms with Gasteiger partial charge >= 0.3 is 18.2 Å². The van der Waals surface area contributed by atoms with Crippen LogP contribution >= 0.6 is 0 Å². The lowest BCUT2D eigenvalue weighted by atomic mass is 9.74. The number of fused-ring (bicyclic) bond motifs is 1. The van der Waals surface area contributed by atoms with Crippen molar-refractivity contribution in [3.63, 3.8) is 0 Å². The number of hydrogen-bond acceptors (Lipinski definition) is 5. The fourth-order valence-electron chi connectivity index (χ4n) is 3.48. The quantitative estimate of drug-likeness (QED) is 0.675. The molecule has 1 aromatic carbocycles. The second-order valence-corrected chi connectivity index (χ2v) is 6.24. The first-order chi connectivity index (χ1) is 12.6. The van der Waals surface area contributed by atoms with Crippen LogP contribution in [0.15, 0.2) is 35.5 Å². The molecule has 0 saturated carbocycles. The fourth-order valence-corrected chi connectivity index (χ4v) is 3.48. The molecule has 0 bridgehead atoms. The average molecular weight is 383 g/mol. The molecule has 10 heteroatoms. The van der Waals surface area contributed by atoms with Gasteiger partial charge in [0, 0.05) is 11.6 Å². The molecule has 0 aliphatic carbocycles. The number of amides is 3. The van der Waals surface area contributed by atoms with Crippen molar-refractivity contribution < 1.29 is 32.3 Å². The Morgan fingerprint density at radius 3 is 2.52 bits per heavy atom. The number of hydrogen-bond donors (Lipinski definition) is 3. The second kappa shape index (κ2) is 6.60. The van der Waals surface area contributed by atoms with Gasteiger partial charge in [-0.3, -0.25) is 10.1 Å². The third kappa shape index (κ3) is 3.34. The van der Waals surface area contributed by atoms with Crippen LogP contribution < -0.4 is 16.0 Å². The Bertz CT molecular complexity index is 850. The van der Waals surface area contributed by atoms with Gasteiger partial charge in [-0.1, -0.05) is 18.2 Å². The smallest absolute Gasteiger partial charge is 0.416 e. The van der Waals surface area contributed by atoms with Gasteiger partial charge in [-0.15, -0.1) is 0 Å². The van der Waals surface area contributed by atoms with E-state index in [2.05, 4.69) is 16.0 Å². The van der Waals surface area contributed by atoms with Gasteiger partial charge in [0.15, 0.2) is 0 Å². The standard InChI is InChI=1S/C17H16F3N3O4/c1-7-10(15(25)27-2)11(8-4-3-5-9(6-8)17(18,19)20)12-13(21-7)22-16(26)23-14(12)24/h3-6,11-13,21H,1-2H3,(H2,22,23,24,26). The van der Waals surface area contributed by atoms with Crippen LogP contribution in [0.4, 0.5) is 18.0 Å². The molecule has 2 aliphatic rings. The molecule has 3 atom stereocenters. The lowest BCUT2D eigenvalue weighted by molar-refractivity contribution is -0.138. The first-order valence-corrected chi connectivity index (χ1v) is 7.97. The average Bonchev–Trinajstić information content (AvgIpc) is 2.59. The largest absolute Gasteiger partial charge is 0.466 e. The van der Waals surface area contributed by atoms with E-state index in [4.69, 9.17) is 4.74 Å². The maximum Gasteiger partial charge on any atom is 0.416 e. The number of imide groups is 1. The SMILES string of the molecule is COC(=O)C1=C(C)NC2NC(=O)NC(=O)C2C1c1cccc(C(F)(F)F)c1. The van der Waals surface area contributed by atoms with Gasteiger partial charge in [0.2, 0.25) is 5.91 Å². The van der Waals surface area contributed by atoms with Crippen molar-refractivity contribution in [2.75, 3.05) is 7.11 Å². The zero-order valence-corrected chi connectivity index (χ0v) is 14.3. The minimum atomic E-state index is -4.59. The molecule has 2 heterocycles. The number of urea groups is 1. The van der Waals surface area contributed by atoms with Crippen LogP contribution in [0.25, 0.3) is 0 Å². The predicted octanol–water partition coefficient (Wildman–Crippen LogP) is 1.62. The number of benzene rings is 1. The molecule has 7 nitrogen and oxygen atoms in total. The summed E-state index contributed by atoms with van der Waals surface area (Å²) >= 11 is 0. The van der Waals surface area contributed by atoms with Crippen LogP contribution in [0.1, 0.15) is 24.0 Å². The fraction of sp³-hybridized carbons (Fsp3) is 0.353. The molecule has 27 heavy (non-hydrogen) atoms. The summed E-state index contributed by atoms with van der Waals surface area (Å²) in [6.07, 6.45) is -5.46. The van der Waals surface area contributed by atoms with E-state index in [-0.39, 0.29) is 11.1 Å². The Morgan fingerprint density at radius 1 is 1.19 bits per heavy atom. The summed E-state index contributed by atoms with van der Waals surface area (Å²) in [6.45, 7) is 1.53. The van der Waals surface area contributed by atoms with E-state index in [9.17, 15) is 27.6 Å². The minimum Gasteiger partial charge on any atom is -0.466 e. The van der Waals surface area contributed by atoms with Crippen molar-refractivity contribution in [3.8, 4) is 0 Å². The van der Waals surface area contributed by atoms with E-state index < -0.39 is 47.6 Å². The van der Waals surface area contributed by atoms with Crippen molar-refractivity contribution in [1.82, 2.24) is 16.0 Å². The number of methoxy groups -OCH3 is 1. The van der Waals surface area contributed by atoms with Gasteiger partial charge in [-0.05, 0) is 18.6 Å². The number of halogens is 3. The molecule has 3 N–H and O–H groups in total. The zero-order chi connectivity index (χ0) is 19.9. The van der Waals surface area contributed by atoms with Gasteiger partial charge in [0.25, 0.3) is 0 Å². The van der Waals surface area contributed by atoms with Gasteiger partial charge in [-0.25, -0.2) is 9.59 Å². The van der Waals surface area contributed by atoms with E-state index in [0.717, 1.165) is 19.2 Å². The predicted molar refractivity (Wildman–Crippen MR) is 86.0 cm³/mol. The van der Waals surface area contributed by atoms with Crippen molar-refractivity contribution in [2.45, 2.75) is 25.2 Å².